The molecule has 20 heavy (non-hydrogen) atoms. The van der Waals surface area contributed by atoms with Crippen LogP contribution in [0.1, 0.15) is 10.4 Å². The van der Waals surface area contributed by atoms with Crippen molar-refractivity contribution in [3.63, 3.8) is 0 Å². The van der Waals surface area contributed by atoms with Gasteiger partial charge in [0.15, 0.2) is 5.03 Å². The van der Waals surface area contributed by atoms with Crippen LogP contribution in [0.2, 0.25) is 5.02 Å². The van der Waals surface area contributed by atoms with Gasteiger partial charge in [-0.3, -0.25) is 4.72 Å². The van der Waals surface area contributed by atoms with E-state index in [0.717, 1.165) is 6.07 Å². The van der Waals surface area contributed by atoms with Gasteiger partial charge in [-0.25, -0.2) is 9.78 Å². The van der Waals surface area contributed by atoms with Crippen LogP contribution in [0.4, 0.5) is 5.69 Å². The Balaban J connectivity index is 2.35. The number of halogens is 1. The highest BCUT2D eigenvalue weighted by Gasteiger charge is 2.18. The molecule has 7 nitrogen and oxygen atoms in total. The number of anilines is 1. The summed E-state index contributed by atoms with van der Waals surface area (Å²) in [5, 5.41) is 8.80. The average Bonchev–Trinajstić information content (AvgIpc) is 2.78. The van der Waals surface area contributed by atoms with Crippen LogP contribution in [0.15, 0.2) is 35.7 Å². The second-order valence-electron chi connectivity index (χ2n) is 3.98. The van der Waals surface area contributed by atoms with Gasteiger partial charge in [-0.05, 0) is 18.2 Å². The van der Waals surface area contributed by atoms with Gasteiger partial charge in [0.05, 0.1) is 16.9 Å². The molecule has 0 aliphatic rings. The second kappa shape index (κ2) is 5.14. The lowest BCUT2D eigenvalue weighted by atomic mass is 10.2. The Bertz CT molecular complexity index is 770. The average molecular weight is 316 g/mol. The number of aromatic nitrogens is 2. The predicted octanol–water partition coefficient (Wildman–Crippen LogP) is 1.57. The maximum atomic E-state index is 12.0. The summed E-state index contributed by atoms with van der Waals surface area (Å²) in [5.74, 6) is -1.24. The summed E-state index contributed by atoms with van der Waals surface area (Å²) >= 11 is 5.71. The number of imidazole rings is 1. The summed E-state index contributed by atoms with van der Waals surface area (Å²) in [4.78, 5) is 14.7. The number of benzene rings is 1. The Kier molecular flexibility index (Phi) is 3.69. The number of hydrogen-bond acceptors (Lipinski definition) is 4. The van der Waals surface area contributed by atoms with Gasteiger partial charge in [-0.15, -0.1) is 0 Å². The third kappa shape index (κ3) is 2.91. The smallest absolute Gasteiger partial charge is 0.337 e. The SMILES string of the molecule is Cn1cnc(S(=O)(=O)Nc2ccc(Cl)c(C(=O)O)c2)c1. The van der Waals surface area contributed by atoms with Crippen molar-refractivity contribution in [1.29, 1.82) is 0 Å². The number of carbonyl (C=O) groups is 1. The van der Waals surface area contributed by atoms with Crippen LogP contribution in [-0.4, -0.2) is 29.0 Å². The largest absolute Gasteiger partial charge is 0.478 e. The Morgan fingerprint density at radius 2 is 2.15 bits per heavy atom. The standard InChI is InChI=1S/C11H10ClN3O4S/c1-15-5-10(13-6-15)20(18,19)14-7-2-3-9(12)8(4-7)11(16)17/h2-6,14H,1H3,(H,16,17). The fraction of sp³-hybridized carbons (Fsp3) is 0.0909. The minimum absolute atomic E-state index is 0.0262. The van der Waals surface area contributed by atoms with Gasteiger partial charge in [-0.1, -0.05) is 11.6 Å². The molecule has 1 heterocycles. The fourth-order valence-corrected chi connectivity index (χ4v) is 2.72. The van der Waals surface area contributed by atoms with Crippen LogP contribution in [0.5, 0.6) is 0 Å². The van der Waals surface area contributed by atoms with E-state index in [0.29, 0.717) is 0 Å². The molecule has 1 aromatic carbocycles. The van der Waals surface area contributed by atoms with Crippen molar-refractivity contribution in [2.24, 2.45) is 7.05 Å². The zero-order valence-corrected chi connectivity index (χ0v) is 11.8. The summed E-state index contributed by atoms with van der Waals surface area (Å²) in [5.41, 5.74) is -0.0923. The van der Waals surface area contributed by atoms with Crippen LogP contribution < -0.4 is 4.72 Å². The van der Waals surface area contributed by atoms with Crippen molar-refractivity contribution in [2.75, 3.05) is 4.72 Å². The molecule has 0 unspecified atom stereocenters. The number of carboxylic acid groups (broad SMARTS) is 1. The molecule has 0 amide bonds. The summed E-state index contributed by atoms with van der Waals surface area (Å²) in [6, 6.07) is 3.82. The molecule has 106 valence electrons. The number of aromatic carboxylic acids is 1. The lowest BCUT2D eigenvalue weighted by Crippen LogP contribution is -2.14. The number of carboxylic acids is 1. The molecular weight excluding hydrogens is 306 g/mol. The highest BCUT2D eigenvalue weighted by atomic mass is 35.5. The zero-order valence-electron chi connectivity index (χ0n) is 10.2. The van der Waals surface area contributed by atoms with E-state index in [1.54, 1.807) is 7.05 Å². The van der Waals surface area contributed by atoms with Crippen LogP contribution in [0.25, 0.3) is 0 Å². The van der Waals surface area contributed by atoms with E-state index in [-0.39, 0.29) is 21.3 Å². The van der Waals surface area contributed by atoms with Gasteiger partial charge in [0, 0.05) is 18.9 Å². The number of hydrogen-bond donors (Lipinski definition) is 2. The van der Waals surface area contributed by atoms with Crippen molar-refractivity contribution in [2.45, 2.75) is 5.03 Å². The molecule has 0 spiro atoms. The Hall–Kier alpha value is -2.06. The molecule has 0 fully saturated rings. The molecule has 0 saturated heterocycles. The van der Waals surface area contributed by atoms with Gasteiger partial charge in [0.1, 0.15) is 0 Å². The van der Waals surface area contributed by atoms with E-state index in [1.807, 2.05) is 0 Å². The van der Waals surface area contributed by atoms with Crippen LogP contribution in [0.3, 0.4) is 0 Å². The Morgan fingerprint density at radius 1 is 1.45 bits per heavy atom. The number of rotatable bonds is 4. The van der Waals surface area contributed by atoms with Gasteiger partial charge < -0.3 is 9.67 Å². The zero-order chi connectivity index (χ0) is 14.9. The van der Waals surface area contributed by atoms with Crippen molar-refractivity contribution < 1.29 is 18.3 Å². The minimum Gasteiger partial charge on any atom is -0.478 e. The predicted molar refractivity (Wildman–Crippen MR) is 72.4 cm³/mol. The molecule has 2 aromatic rings. The maximum Gasteiger partial charge on any atom is 0.337 e. The third-order valence-corrected chi connectivity index (χ3v) is 4.00. The van der Waals surface area contributed by atoms with E-state index < -0.39 is 16.0 Å². The van der Waals surface area contributed by atoms with Gasteiger partial charge >= 0.3 is 5.97 Å². The van der Waals surface area contributed by atoms with Crippen LogP contribution >= 0.6 is 11.6 Å². The van der Waals surface area contributed by atoms with Crippen molar-refractivity contribution in [1.82, 2.24) is 9.55 Å². The van der Waals surface area contributed by atoms with Gasteiger partial charge in [0.25, 0.3) is 10.0 Å². The molecule has 0 saturated carbocycles. The molecule has 0 aliphatic heterocycles. The second-order valence-corrected chi connectivity index (χ2v) is 6.02. The van der Waals surface area contributed by atoms with E-state index in [1.165, 1.54) is 29.2 Å². The molecule has 0 radical (unpaired) electrons. The quantitative estimate of drug-likeness (QED) is 0.891. The van der Waals surface area contributed by atoms with Crippen molar-refractivity contribution in [3.8, 4) is 0 Å². The monoisotopic (exact) mass is 315 g/mol. The highest BCUT2D eigenvalue weighted by Crippen LogP contribution is 2.22. The number of nitrogens with zero attached hydrogens (tertiary/aromatic N) is 2. The molecule has 0 bridgehead atoms. The first-order valence-electron chi connectivity index (χ1n) is 5.33. The van der Waals surface area contributed by atoms with Crippen LogP contribution in [-0.2, 0) is 17.1 Å². The minimum atomic E-state index is -3.87. The first kappa shape index (κ1) is 14.4. The highest BCUT2D eigenvalue weighted by molar-refractivity contribution is 7.92. The first-order chi connectivity index (χ1) is 9.29. The van der Waals surface area contributed by atoms with E-state index in [2.05, 4.69) is 9.71 Å². The Labute approximate surface area is 119 Å². The molecular formula is C11H10ClN3O4S. The molecule has 2 N–H and O–H groups in total. The van der Waals surface area contributed by atoms with Crippen molar-refractivity contribution in [3.05, 3.63) is 41.3 Å². The van der Waals surface area contributed by atoms with E-state index in [4.69, 9.17) is 16.7 Å². The van der Waals surface area contributed by atoms with Crippen molar-refractivity contribution >= 4 is 33.3 Å². The molecule has 2 rings (SSSR count). The molecule has 0 atom stereocenters. The van der Waals surface area contributed by atoms with E-state index >= 15 is 0 Å². The maximum absolute atomic E-state index is 12.0. The number of aryl methyl sites for hydroxylation is 1. The summed E-state index contributed by atoms with van der Waals surface area (Å²) in [6.45, 7) is 0. The lowest BCUT2D eigenvalue weighted by molar-refractivity contribution is 0.0697. The third-order valence-electron chi connectivity index (χ3n) is 2.41. The Morgan fingerprint density at radius 3 is 2.70 bits per heavy atom. The summed E-state index contributed by atoms with van der Waals surface area (Å²) < 4.78 is 27.8. The normalized spacial score (nSPS) is 11.3. The van der Waals surface area contributed by atoms with E-state index in [9.17, 15) is 13.2 Å². The fourth-order valence-electron chi connectivity index (χ4n) is 1.49. The molecule has 1 aromatic heterocycles. The first-order valence-corrected chi connectivity index (χ1v) is 7.19. The number of nitrogens with one attached hydrogen (secondary N) is 1. The van der Waals surface area contributed by atoms with Gasteiger partial charge in [0.2, 0.25) is 0 Å². The van der Waals surface area contributed by atoms with Gasteiger partial charge in [-0.2, -0.15) is 8.42 Å². The summed E-state index contributed by atoms with van der Waals surface area (Å²) in [6.07, 6.45) is 2.68. The molecule has 9 heteroatoms. The number of sulfonamides is 1. The molecule has 0 aliphatic carbocycles. The lowest BCUT2D eigenvalue weighted by Gasteiger charge is -2.07. The summed E-state index contributed by atoms with van der Waals surface area (Å²) in [7, 11) is -2.23. The van der Waals surface area contributed by atoms with Crippen LogP contribution in [0, 0.1) is 0 Å². The topological polar surface area (TPSA) is 101 Å².